The van der Waals surface area contributed by atoms with Crippen molar-refractivity contribution in [3.63, 3.8) is 0 Å². The molecule has 2 aliphatic carbocycles. The molecule has 0 saturated carbocycles. The van der Waals surface area contributed by atoms with Crippen molar-refractivity contribution in [2.24, 2.45) is 5.92 Å². The van der Waals surface area contributed by atoms with Gasteiger partial charge in [-0.2, -0.15) is 11.1 Å². The van der Waals surface area contributed by atoms with Crippen LogP contribution in [0.4, 0.5) is 0 Å². The molecule has 3 N–H and O–H groups in total. The van der Waals surface area contributed by atoms with E-state index in [1.807, 2.05) is 0 Å². The summed E-state index contributed by atoms with van der Waals surface area (Å²) in [5.41, 5.74) is 4.77. The third kappa shape index (κ3) is 11.0. The van der Waals surface area contributed by atoms with E-state index in [1.165, 1.54) is 31.3 Å². The Morgan fingerprint density at radius 1 is 1.00 bits per heavy atom. The molecule has 0 heterocycles. The SMILES string of the molecule is CC1=[C-]C(C)C2=C1CCCC2.O=CO.O=CO.O=CO.[Ti]. The van der Waals surface area contributed by atoms with Crippen molar-refractivity contribution in [1.29, 1.82) is 0 Å². The minimum Gasteiger partial charge on any atom is -0.483 e. The van der Waals surface area contributed by atoms with Gasteiger partial charge in [0, 0.05) is 21.7 Å². The maximum Gasteiger partial charge on any atom is 0.290 e. The van der Waals surface area contributed by atoms with Crippen LogP contribution in [0.15, 0.2) is 16.7 Å². The third-order valence-corrected chi connectivity index (χ3v) is 2.92. The van der Waals surface area contributed by atoms with E-state index in [2.05, 4.69) is 19.9 Å². The Balaban J connectivity index is -0.000000276. The smallest absolute Gasteiger partial charge is 0.290 e. The molecular weight excluding hydrogens is 312 g/mol. The largest absolute Gasteiger partial charge is 0.483 e. The summed E-state index contributed by atoms with van der Waals surface area (Å²) in [7, 11) is 0. The molecule has 0 fully saturated rings. The Morgan fingerprint density at radius 2 is 1.38 bits per heavy atom. The van der Waals surface area contributed by atoms with E-state index < -0.39 is 0 Å². The van der Waals surface area contributed by atoms with Crippen molar-refractivity contribution in [1.82, 2.24) is 0 Å². The van der Waals surface area contributed by atoms with Crippen LogP contribution in [-0.2, 0) is 36.1 Å². The van der Waals surface area contributed by atoms with E-state index in [4.69, 9.17) is 29.7 Å². The van der Waals surface area contributed by atoms with Crippen molar-refractivity contribution in [2.75, 3.05) is 0 Å². The quantitative estimate of drug-likeness (QED) is 0.356. The Morgan fingerprint density at radius 3 is 1.76 bits per heavy atom. The first kappa shape index (κ1) is 24.6. The van der Waals surface area contributed by atoms with Gasteiger partial charge in [0.2, 0.25) is 0 Å². The molecule has 2 rings (SSSR count). The van der Waals surface area contributed by atoms with E-state index in [1.54, 1.807) is 11.1 Å². The van der Waals surface area contributed by atoms with Gasteiger partial charge in [-0.15, -0.1) is 0 Å². The van der Waals surface area contributed by atoms with Gasteiger partial charge in [0.1, 0.15) is 0 Å². The molecule has 0 amide bonds. The fourth-order valence-electron chi connectivity index (χ4n) is 2.33. The second-order valence-corrected chi connectivity index (χ2v) is 4.02. The predicted octanol–water partition coefficient (Wildman–Crippen LogP) is 2.36. The Hall–Kier alpha value is -1.40. The summed E-state index contributed by atoms with van der Waals surface area (Å²) in [6, 6.07) is 0. The summed E-state index contributed by atoms with van der Waals surface area (Å²) >= 11 is 0. The second-order valence-electron chi connectivity index (χ2n) is 4.02. The fraction of sp³-hybridized carbons (Fsp3) is 0.500. The van der Waals surface area contributed by atoms with Crippen LogP contribution in [0, 0.1) is 12.0 Å². The van der Waals surface area contributed by atoms with E-state index in [9.17, 15) is 0 Å². The summed E-state index contributed by atoms with van der Waals surface area (Å²) in [6.45, 7) is 3.74. The molecule has 0 spiro atoms. The summed E-state index contributed by atoms with van der Waals surface area (Å²) in [6.07, 6.45) is 8.95. The predicted molar refractivity (Wildman–Crippen MR) is 73.2 cm³/mol. The first-order valence-corrected chi connectivity index (χ1v) is 6.09. The molecule has 0 radical (unpaired) electrons. The normalized spacial score (nSPS) is 17.6. The number of rotatable bonds is 0. The molecule has 0 aliphatic heterocycles. The minimum atomic E-state index is -0.250. The Labute approximate surface area is 139 Å². The zero-order valence-corrected chi connectivity index (χ0v) is 13.8. The van der Waals surface area contributed by atoms with E-state index in [-0.39, 0.29) is 41.1 Å². The van der Waals surface area contributed by atoms with Gasteiger partial charge in [0.05, 0.1) is 0 Å². The van der Waals surface area contributed by atoms with Gasteiger partial charge in [-0.1, -0.05) is 39.0 Å². The fourth-order valence-corrected chi connectivity index (χ4v) is 2.33. The standard InChI is InChI=1S/C11H15.3CH2O2.Ti/c1-8-7-9(2)11-6-4-3-5-10(8)11;3*2-1-3;/h8H,3-6H2,1-2H3;3*1H,(H,2,3);/q-1;;;;. The first-order chi connectivity index (χ1) is 9.53. The molecule has 1 atom stereocenters. The van der Waals surface area contributed by atoms with Crippen molar-refractivity contribution in [3.05, 3.63) is 22.8 Å². The van der Waals surface area contributed by atoms with E-state index in [0.717, 1.165) is 0 Å². The zero-order valence-electron chi connectivity index (χ0n) is 12.2. The zero-order chi connectivity index (χ0) is 16.0. The van der Waals surface area contributed by atoms with Gasteiger partial charge < -0.3 is 15.3 Å². The van der Waals surface area contributed by atoms with Crippen molar-refractivity contribution >= 4 is 19.4 Å². The third-order valence-electron chi connectivity index (χ3n) is 2.92. The summed E-state index contributed by atoms with van der Waals surface area (Å²) < 4.78 is 0. The van der Waals surface area contributed by atoms with Gasteiger partial charge in [-0.25, -0.2) is 5.57 Å². The molecule has 0 bridgehead atoms. The Bertz CT molecular complexity index is 348. The molecule has 6 nitrogen and oxygen atoms in total. The summed E-state index contributed by atoms with van der Waals surface area (Å²) in [5.74, 6) is 0.630. The number of carbonyl (C=O) groups is 3. The van der Waals surface area contributed by atoms with Crippen LogP contribution in [0.5, 0.6) is 0 Å². The second kappa shape index (κ2) is 16.7. The number of allylic oxidation sites excluding steroid dienone is 4. The van der Waals surface area contributed by atoms with Gasteiger partial charge in [0.25, 0.3) is 19.4 Å². The number of carboxylic acid groups (broad SMARTS) is 3. The monoisotopic (exact) mass is 333 g/mol. The molecule has 2 aliphatic rings. The number of hydrogen-bond acceptors (Lipinski definition) is 3. The van der Waals surface area contributed by atoms with Crippen LogP contribution < -0.4 is 0 Å². The number of hydrogen-bond donors (Lipinski definition) is 3. The van der Waals surface area contributed by atoms with Crippen LogP contribution in [0.1, 0.15) is 39.5 Å². The molecule has 0 aromatic heterocycles. The average molecular weight is 333 g/mol. The average Bonchev–Trinajstić information content (AvgIpc) is 2.69. The van der Waals surface area contributed by atoms with Crippen LogP contribution in [0.25, 0.3) is 0 Å². The molecule has 21 heavy (non-hydrogen) atoms. The van der Waals surface area contributed by atoms with Crippen LogP contribution >= 0.6 is 0 Å². The van der Waals surface area contributed by atoms with E-state index >= 15 is 0 Å². The minimum absolute atomic E-state index is 0. The van der Waals surface area contributed by atoms with Gasteiger partial charge in [-0.3, -0.25) is 20.5 Å². The topological polar surface area (TPSA) is 112 Å². The van der Waals surface area contributed by atoms with Gasteiger partial charge >= 0.3 is 0 Å². The Kier molecular flexibility index (Phi) is 19.5. The van der Waals surface area contributed by atoms with Crippen molar-refractivity contribution < 1.29 is 51.4 Å². The van der Waals surface area contributed by atoms with Gasteiger partial charge in [0.15, 0.2) is 0 Å². The maximum atomic E-state index is 8.36. The van der Waals surface area contributed by atoms with Crippen LogP contribution in [-0.4, -0.2) is 34.7 Å². The van der Waals surface area contributed by atoms with Gasteiger partial charge in [-0.05, 0) is 6.42 Å². The molecule has 0 aromatic rings. The van der Waals surface area contributed by atoms with Crippen LogP contribution in [0.2, 0.25) is 0 Å². The molecule has 0 saturated heterocycles. The molecular formula is C14H21O6Ti-. The van der Waals surface area contributed by atoms with Crippen molar-refractivity contribution in [2.45, 2.75) is 39.5 Å². The van der Waals surface area contributed by atoms with E-state index in [0.29, 0.717) is 5.92 Å². The maximum absolute atomic E-state index is 8.36. The molecule has 0 aromatic carbocycles. The van der Waals surface area contributed by atoms with Crippen molar-refractivity contribution in [3.8, 4) is 0 Å². The summed E-state index contributed by atoms with van der Waals surface area (Å²) in [4.78, 5) is 25.1. The summed E-state index contributed by atoms with van der Waals surface area (Å²) in [5, 5.41) is 20.7. The first-order valence-electron chi connectivity index (χ1n) is 6.09. The molecule has 7 heteroatoms. The molecule has 118 valence electrons. The molecule has 1 unspecified atom stereocenters. The van der Waals surface area contributed by atoms with Crippen LogP contribution in [0.3, 0.4) is 0 Å².